The van der Waals surface area contributed by atoms with Crippen LogP contribution in [0.3, 0.4) is 0 Å². The first-order valence-corrected chi connectivity index (χ1v) is 6.06. The smallest absolute Gasteiger partial charge is 0.123 e. The van der Waals surface area contributed by atoms with Gasteiger partial charge in [0.1, 0.15) is 5.82 Å². The lowest BCUT2D eigenvalue weighted by molar-refractivity contribution is 0.624. The highest BCUT2D eigenvalue weighted by atomic mass is 19.1. The average molecular weight is 254 g/mol. The molecule has 0 aromatic heterocycles. The van der Waals surface area contributed by atoms with E-state index < -0.39 is 0 Å². The van der Waals surface area contributed by atoms with Crippen LogP contribution in [-0.2, 0) is 6.54 Å². The summed E-state index contributed by atoms with van der Waals surface area (Å²) in [5.74, 6) is -0.214. The third-order valence-corrected chi connectivity index (χ3v) is 3.16. The van der Waals surface area contributed by atoms with Crippen molar-refractivity contribution in [1.82, 2.24) is 0 Å². The van der Waals surface area contributed by atoms with E-state index in [4.69, 9.17) is 5.26 Å². The van der Waals surface area contributed by atoms with Gasteiger partial charge in [0, 0.05) is 19.3 Å². The summed E-state index contributed by atoms with van der Waals surface area (Å²) in [7, 11) is 1.95. The molecular weight excluding hydrogens is 239 g/mol. The number of anilines is 1. The van der Waals surface area contributed by atoms with Crippen LogP contribution in [0, 0.1) is 24.1 Å². The highest BCUT2D eigenvalue weighted by molar-refractivity contribution is 5.49. The molecule has 2 nitrogen and oxygen atoms in total. The average Bonchev–Trinajstić information content (AvgIpc) is 2.43. The van der Waals surface area contributed by atoms with Crippen LogP contribution >= 0.6 is 0 Å². The molecule has 0 bridgehead atoms. The molecular formula is C16H15FN2. The highest BCUT2D eigenvalue weighted by Gasteiger charge is 2.06. The van der Waals surface area contributed by atoms with Gasteiger partial charge in [-0.05, 0) is 54.4 Å². The standard InChI is InChI=1S/C16H15FN2/c1-12-3-6-15(17)9-14(12)11-19(2)16-7-4-13(10-18)5-8-16/h3-9H,11H2,1-2H3. The maximum Gasteiger partial charge on any atom is 0.123 e. The van der Waals surface area contributed by atoms with Crippen LogP contribution in [0.1, 0.15) is 16.7 Å². The topological polar surface area (TPSA) is 27.0 Å². The molecule has 0 amide bonds. The molecule has 0 heterocycles. The maximum absolute atomic E-state index is 13.2. The van der Waals surface area contributed by atoms with E-state index in [1.165, 1.54) is 6.07 Å². The molecule has 2 aromatic rings. The first-order valence-electron chi connectivity index (χ1n) is 6.06. The predicted molar refractivity (Wildman–Crippen MR) is 74.4 cm³/mol. The van der Waals surface area contributed by atoms with Gasteiger partial charge < -0.3 is 4.90 Å². The first kappa shape index (κ1) is 13.1. The monoisotopic (exact) mass is 254 g/mol. The summed E-state index contributed by atoms with van der Waals surface area (Å²) in [6.45, 7) is 2.61. The molecule has 0 saturated heterocycles. The Bertz CT molecular complexity index is 612. The van der Waals surface area contributed by atoms with E-state index in [0.717, 1.165) is 16.8 Å². The van der Waals surface area contributed by atoms with Crippen molar-refractivity contribution in [2.75, 3.05) is 11.9 Å². The van der Waals surface area contributed by atoms with E-state index in [0.29, 0.717) is 12.1 Å². The van der Waals surface area contributed by atoms with Gasteiger partial charge in [0.2, 0.25) is 0 Å². The lowest BCUT2D eigenvalue weighted by Gasteiger charge is -2.20. The van der Waals surface area contributed by atoms with E-state index in [9.17, 15) is 4.39 Å². The number of nitriles is 1. The summed E-state index contributed by atoms with van der Waals surface area (Å²) < 4.78 is 13.2. The molecule has 0 unspecified atom stereocenters. The minimum Gasteiger partial charge on any atom is -0.370 e. The van der Waals surface area contributed by atoms with Crippen molar-refractivity contribution >= 4 is 5.69 Å². The SMILES string of the molecule is Cc1ccc(F)cc1CN(C)c1ccc(C#N)cc1. The van der Waals surface area contributed by atoms with Crippen LogP contribution in [0.4, 0.5) is 10.1 Å². The van der Waals surface area contributed by atoms with Crippen molar-refractivity contribution in [3.05, 3.63) is 65.0 Å². The van der Waals surface area contributed by atoms with Gasteiger partial charge >= 0.3 is 0 Å². The molecule has 0 aliphatic heterocycles. The number of rotatable bonds is 3. The van der Waals surface area contributed by atoms with Gasteiger partial charge in [-0.15, -0.1) is 0 Å². The van der Waals surface area contributed by atoms with Crippen LogP contribution < -0.4 is 4.90 Å². The van der Waals surface area contributed by atoms with Gasteiger partial charge in [-0.2, -0.15) is 5.26 Å². The molecule has 3 heteroatoms. The zero-order valence-electron chi connectivity index (χ0n) is 11.0. The third kappa shape index (κ3) is 3.11. The van der Waals surface area contributed by atoms with E-state index in [1.807, 2.05) is 31.0 Å². The number of nitrogens with zero attached hydrogens (tertiary/aromatic N) is 2. The van der Waals surface area contributed by atoms with Crippen molar-refractivity contribution in [1.29, 1.82) is 5.26 Å². The molecule has 96 valence electrons. The zero-order chi connectivity index (χ0) is 13.8. The van der Waals surface area contributed by atoms with E-state index in [1.54, 1.807) is 24.3 Å². The zero-order valence-corrected chi connectivity index (χ0v) is 11.0. The summed E-state index contributed by atoms with van der Waals surface area (Å²) in [6, 6.07) is 14.3. The van der Waals surface area contributed by atoms with Crippen LogP contribution in [0.5, 0.6) is 0 Å². The van der Waals surface area contributed by atoms with Crippen LogP contribution in [0.25, 0.3) is 0 Å². The number of benzene rings is 2. The minimum absolute atomic E-state index is 0.214. The molecule has 0 aliphatic carbocycles. The summed E-state index contributed by atoms with van der Waals surface area (Å²) in [5.41, 5.74) is 3.68. The molecule has 0 aliphatic rings. The quantitative estimate of drug-likeness (QED) is 0.836. The Morgan fingerprint density at radius 3 is 2.47 bits per heavy atom. The third-order valence-electron chi connectivity index (χ3n) is 3.16. The Morgan fingerprint density at radius 2 is 1.84 bits per heavy atom. The largest absolute Gasteiger partial charge is 0.370 e. The summed E-state index contributed by atoms with van der Waals surface area (Å²) >= 11 is 0. The van der Waals surface area contributed by atoms with E-state index >= 15 is 0 Å². The second-order valence-corrected chi connectivity index (χ2v) is 4.59. The van der Waals surface area contributed by atoms with Crippen molar-refractivity contribution in [2.24, 2.45) is 0 Å². The molecule has 0 atom stereocenters. The Kier molecular flexibility index (Phi) is 3.82. The molecule has 19 heavy (non-hydrogen) atoms. The van der Waals surface area contributed by atoms with Crippen LogP contribution in [0.2, 0.25) is 0 Å². The predicted octanol–water partition coefficient (Wildman–Crippen LogP) is 3.64. The first-order chi connectivity index (χ1) is 9.10. The van der Waals surface area contributed by atoms with Gasteiger partial charge in [-0.3, -0.25) is 0 Å². The minimum atomic E-state index is -0.214. The van der Waals surface area contributed by atoms with E-state index in [2.05, 4.69) is 6.07 Å². The Labute approximate surface area is 112 Å². The molecule has 2 rings (SSSR count). The number of aryl methyl sites for hydroxylation is 1. The van der Waals surface area contributed by atoms with Gasteiger partial charge in [-0.25, -0.2) is 4.39 Å². The van der Waals surface area contributed by atoms with Gasteiger partial charge in [-0.1, -0.05) is 6.07 Å². The molecule has 0 N–H and O–H groups in total. The fraction of sp³-hybridized carbons (Fsp3) is 0.188. The Balaban J connectivity index is 2.18. The maximum atomic E-state index is 13.2. The normalized spacial score (nSPS) is 10.0. The lowest BCUT2D eigenvalue weighted by atomic mass is 10.1. The molecule has 0 fully saturated rings. The molecule has 2 aromatic carbocycles. The second kappa shape index (κ2) is 5.53. The fourth-order valence-corrected chi connectivity index (χ4v) is 1.95. The lowest BCUT2D eigenvalue weighted by Crippen LogP contribution is -2.17. The highest BCUT2D eigenvalue weighted by Crippen LogP contribution is 2.18. The van der Waals surface area contributed by atoms with Gasteiger partial charge in [0.15, 0.2) is 0 Å². The van der Waals surface area contributed by atoms with Crippen molar-refractivity contribution in [3.63, 3.8) is 0 Å². The summed E-state index contributed by atoms with van der Waals surface area (Å²) in [5, 5.41) is 8.76. The summed E-state index contributed by atoms with van der Waals surface area (Å²) in [6.07, 6.45) is 0. The van der Waals surface area contributed by atoms with Gasteiger partial charge in [0.05, 0.1) is 11.6 Å². The van der Waals surface area contributed by atoms with Crippen LogP contribution in [0.15, 0.2) is 42.5 Å². The Morgan fingerprint density at radius 1 is 1.16 bits per heavy atom. The van der Waals surface area contributed by atoms with Crippen molar-refractivity contribution < 1.29 is 4.39 Å². The second-order valence-electron chi connectivity index (χ2n) is 4.59. The van der Waals surface area contributed by atoms with E-state index in [-0.39, 0.29) is 5.82 Å². The molecule has 0 spiro atoms. The number of halogens is 1. The van der Waals surface area contributed by atoms with Gasteiger partial charge in [0.25, 0.3) is 0 Å². The van der Waals surface area contributed by atoms with Crippen molar-refractivity contribution in [2.45, 2.75) is 13.5 Å². The van der Waals surface area contributed by atoms with Crippen molar-refractivity contribution in [3.8, 4) is 6.07 Å². The van der Waals surface area contributed by atoms with Crippen LogP contribution in [-0.4, -0.2) is 7.05 Å². The number of hydrogen-bond acceptors (Lipinski definition) is 2. The summed E-state index contributed by atoms with van der Waals surface area (Å²) in [4.78, 5) is 2.03. The fourth-order valence-electron chi connectivity index (χ4n) is 1.95. The number of hydrogen-bond donors (Lipinski definition) is 0. The molecule has 0 saturated carbocycles. The molecule has 0 radical (unpaired) electrons. The Hall–Kier alpha value is -2.34.